The molecule has 0 spiro atoms. The van der Waals surface area contributed by atoms with Crippen LogP contribution in [0.2, 0.25) is 5.02 Å². The third-order valence-electron chi connectivity index (χ3n) is 3.65. The van der Waals surface area contributed by atoms with E-state index in [9.17, 15) is 13.6 Å². The Bertz CT molecular complexity index is 929. The second-order valence-electron chi connectivity index (χ2n) is 5.49. The summed E-state index contributed by atoms with van der Waals surface area (Å²) in [6.45, 7) is 0.306. The molecule has 0 unspecified atom stereocenters. The summed E-state index contributed by atoms with van der Waals surface area (Å²) < 4.78 is 31.7. The van der Waals surface area contributed by atoms with Gasteiger partial charge in [0.25, 0.3) is 5.91 Å². The number of anilines is 1. The van der Waals surface area contributed by atoms with E-state index in [-0.39, 0.29) is 5.69 Å². The van der Waals surface area contributed by atoms with Crippen molar-refractivity contribution in [2.45, 2.75) is 6.61 Å². The van der Waals surface area contributed by atoms with Crippen LogP contribution >= 0.6 is 11.6 Å². The summed E-state index contributed by atoms with van der Waals surface area (Å²) in [5, 5.41) is 3.13. The van der Waals surface area contributed by atoms with Crippen LogP contribution in [0.15, 0.2) is 66.7 Å². The fourth-order valence-corrected chi connectivity index (χ4v) is 2.45. The molecule has 3 nitrogen and oxygen atoms in total. The summed E-state index contributed by atoms with van der Waals surface area (Å²) in [5.74, 6) is -1.85. The van der Waals surface area contributed by atoms with E-state index in [4.69, 9.17) is 16.3 Å². The van der Waals surface area contributed by atoms with E-state index in [1.54, 1.807) is 30.3 Å². The smallest absolute Gasteiger partial charge is 0.255 e. The number of nitrogens with one attached hydrogen (secondary N) is 1. The monoisotopic (exact) mass is 373 g/mol. The highest BCUT2D eigenvalue weighted by Crippen LogP contribution is 2.20. The van der Waals surface area contributed by atoms with Crippen LogP contribution < -0.4 is 10.1 Å². The molecule has 3 aromatic rings. The molecule has 1 N–H and O–H groups in total. The first-order chi connectivity index (χ1) is 12.5. The van der Waals surface area contributed by atoms with Crippen molar-refractivity contribution >= 4 is 23.2 Å². The van der Waals surface area contributed by atoms with E-state index in [1.165, 1.54) is 6.07 Å². The molecular weight excluding hydrogens is 360 g/mol. The molecule has 132 valence electrons. The lowest BCUT2D eigenvalue weighted by atomic mass is 10.2. The van der Waals surface area contributed by atoms with Crippen molar-refractivity contribution in [2.24, 2.45) is 0 Å². The van der Waals surface area contributed by atoms with Gasteiger partial charge in [0.05, 0.1) is 0 Å². The van der Waals surface area contributed by atoms with Gasteiger partial charge in [0.15, 0.2) is 11.6 Å². The Balaban J connectivity index is 1.62. The van der Waals surface area contributed by atoms with Crippen LogP contribution in [0.25, 0.3) is 0 Å². The lowest BCUT2D eigenvalue weighted by Crippen LogP contribution is -2.12. The zero-order valence-corrected chi connectivity index (χ0v) is 14.3. The summed E-state index contributed by atoms with van der Waals surface area (Å²) in [6.07, 6.45) is 0. The van der Waals surface area contributed by atoms with Gasteiger partial charge in [0.2, 0.25) is 0 Å². The Kier molecular flexibility index (Phi) is 5.49. The van der Waals surface area contributed by atoms with Gasteiger partial charge in [0.1, 0.15) is 12.4 Å². The fraction of sp³-hybridized carbons (Fsp3) is 0.0500. The number of carbonyl (C=O) groups is 1. The topological polar surface area (TPSA) is 38.3 Å². The summed E-state index contributed by atoms with van der Waals surface area (Å²) in [6, 6.07) is 17.0. The summed E-state index contributed by atoms with van der Waals surface area (Å²) in [4.78, 5) is 12.2. The number of rotatable bonds is 5. The van der Waals surface area contributed by atoms with E-state index in [0.29, 0.717) is 22.9 Å². The van der Waals surface area contributed by atoms with Crippen LogP contribution in [0.5, 0.6) is 5.75 Å². The molecule has 0 saturated carbocycles. The zero-order chi connectivity index (χ0) is 18.5. The summed E-state index contributed by atoms with van der Waals surface area (Å²) >= 11 is 6.07. The maximum absolute atomic E-state index is 13.2. The number of carbonyl (C=O) groups excluding carboxylic acids is 1. The molecule has 1 amide bonds. The third kappa shape index (κ3) is 4.37. The Morgan fingerprint density at radius 2 is 1.69 bits per heavy atom. The molecule has 0 radical (unpaired) electrons. The molecule has 0 aromatic heterocycles. The summed E-state index contributed by atoms with van der Waals surface area (Å²) in [5.41, 5.74) is 1.39. The lowest BCUT2D eigenvalue weighted by molar-refractivity contribution is 0.102. The Labute approximate surface area is 154 Å². The molecular formula is C20H14ClF2NO2. The zero-order valence-electron chi connectivity index (χ0n) is 13.5. The van der Waals surface area contributed by atoms with E-state index >= 15 is 0 Å². The van der Waals surface area contributed by atoms with E-state index in [2.05, 4.69) is 5.32 Å². The van der Waals surface area contributed by atoms with Gasteiger partial charge in [-0.25, -0.2) is 8.78 Å². The van der Waals surface area contributed by atoms with Crippen LogP contribution in [-0.2, 0) is 6.61 Å². The number of hydrogen-bond donors (Lipinski definition) is 1. The molecule has 0 bridgehead atoms. The van der Waals surface area contributed by atoms with Crippen LogP contribution in [-0.4, -0.2) is 5.91 Å². The molecule has 0 aliphatic carbocycles. The van der Waals surface area contributed by atoms with Gasteiger partial charge in [-0.05, 0) is 42.5 Å². The normalized spacial score (nSPS) is 10.4. The van der Waals surface area contributed by atoms with Crippen molar-refractivity contribution in [3.63, 3.8) is 0 Å². The second-order valence-corrected chi connectivity index (χ2v) is 5.89. The van der Waals surface area contributed by atoms with Crippen molar-refractivity contribution in [3.8, 4) is 5.75 Å². The highest BCUT2D eigenvalue weighted by molar-refractivity contribution is 6.31. The highest BCUT2D eigenvalue weighted by Gasteiger charge is 2.09. The SMILES string of the molecule is O=C(Nc1ccc(F)c(F)c1)c1ccc(OCc2ccccc2Cl)cc1. The number of halogens is 3. The molecule has 26 heavy (non-hydrogen) atoms. The van der Waals surface area contributed by atoms with Gasteiger partial charge in [-0.3, -0.25) is 4.79 Å². The minimum absolute atomic E-state index is 0.174. The van der Waals surface area contributed by atoms with E-state index in [1.807, 2.05) is 18.2 Å². The van der Waals surface area contributed by atoms with E-state index < -0.39 is 17.5 Å². The average Bonchev–Trinajstić information content (AvgIpc) is 2.64. The van der Waals surface area contributed by atoms with Gasteiger partial charge in [-0.2, -0.15) is 0 Å². The number of amides is 1. The molecule has 6 heteroatoms. The van der Waals surface area contributed by atoms with Crippen molar-refractivity contribution in [1.29, 1.82) is 0 Å². The minimum Gasteiger partial charge on any atom is -0.489 e. The maximum Gasteiger partial charge on any atom is 0.255 e. The van der Waals surface area contributed by atoms with E-state index in [0.717, 1.165) is 17.7 Å². The maximum atomic E-state index is 13.2. The first kappa shape index (κ1) is 17.9. The van der Waals surface area contributed by atoms with Crippen LogP contribution in [0.4, 0.5) is 14.5 Å². The molecule has 0 aliphatic heterocycles. The molecule has 3 rings (SSSR count). The van der Waals surface area contributed by atoms with Crippen molar-refractivity contribution in [1.82, 2.24) is 0 Å². The number of ether oxygens (including phenoxy) is 1. The largest absolute Gasteiger partial charge is 0.489 e. The fourth-order valence-electron chi connectivity index (χ4n) is 2.26. The molecule has 0 saturated heterocycles. The predicted molar refractivity (Wildman–Crippen MR) is 96.5 cm³/mol. The molecule has 3 aromatic carbocycles. The second kappa shape index (κ2) is 7.97. The van der Waals surface area contributed by atoms with Gasteiger partial charge < -0.3 is 10.1 Å². The van der Waals surface area contributed by atoms with Gasteiger partial charge in [-0.1, -0.05) is 29.8 Å². The Hall–Kier alpha value is -2.92. The predicted octanol–water partition coefficient (Wildman–Crippen LogP) is 5.45. The van der Waals surface area contributed by atoms with Gasteiger partial charge >= 0.3 is 0 Å². The van der Waals surface area contributed by atoms with Crippen molar-refractivity contribution in [2.75, 3.05) is 5.32 Å². The number of benzene rings is 3. The molecule has 0 fully saturated rings. The van der Waals surface area contributed by atoms with Crippen LogP contribution in [0.3, 0.4) is 0 Å². The van der Waals surface area contributed by atoms with Crippen LogP contribution in [0.1, 0.15) is 15.9 Å². The molecule has 0 heterocycles. The first-order valence-corrected chi connectivity index (χ1v) is 8.13. The molecule has 0 atom stereocenters. The van der Waals surface area contributed by atoms with Crippen molar-refractivity contribution < 1.29 is 18.3 Å². The third-order valence-corrected chi connectivity index (χ3v) is 4.01. The van der Waals surface area contributed by atoms with Gasteiger partial charge in [-0.15, -0.1) is 0 Å². The standard InChI is InChI=1S/C20H14ClF2NO2/c21-17-4-2-1-3-14(17)12-26-16-8-5-13(6-9-16)20(25)24-15-7-10-18(22)19(23)11-15/h1-11H,12H2,(H,24,25). The quantitative estimate of drug-likeness (QED) is 0.645. The lowest BCUT2D eigenvalue weighted by Gasteiger charge is -2.09. The van der Waals surface area contributed by atoms with Crippen LogP contribution in [0, 0.1) is 11.6 Å². The Morgan fingerprint density at radius 3 is 2.38 bits per heavy atom. The van der Waals surface area contributed by atoms with Gasteiger partial charge in [0, 0.05) is 27.9 Å². The number of hydrogen-bond acceptors (Lipinski definition) is 2. The minimum atomic E-state index is -1.02. The van der Waals surface area contributed by atoms with Crippen molar-refractivity contribution in [3.05, 3.63) is 94.5 Å². The highest BCUT2D eigenvalue weighted by atomic mass is 35.5. The Morgan fingerprint density at radius 1 is 0.962 bits per heavy atom. The summed E-state index contributed by atoms with van der Waals surface area (Å²) in [7, 11) is 0. The molecule has 0 aliphatic rings. The first-order valence-electron chi connectivity index (χ1n) is 7.75. The average molecular weight is 374 g/mol.